The second kappa shape index (κ2) is 7.43. The number of esters is 1. The molecule has 3 aromatic rings. The summed E-state index contributed by atoms with van der Waals surface area (Å²) in [5.41, 5.74) is 5.34. The van der Waals surface area contributed by atoms with Crippen molar-refractivity contribution in [2.75, 3.05) is 6.61 Å². The van der Waals surface area contributed by atoms with Crippen LogP contribution < -0.4 is 0 Å². The van der Waals surface area contributed by atoms with E-state index in [4.69, 9.17) is 15.0 Å². The first-order valence-electron chi connectivity index (χ1n) is 8.99. The fourth-order valence-electron chi connectivity index (χ4n) is 3.63. The Morgan fingerprint density at radius 1 is 1.11 bits per heavy atom. The van der Waals surface area contributed by atoms with Gasteiger partial charge in [-0.15, -0.1) is 0 Å². The van der Waals surface area contributed by atoms with Crippen molar-refractivity contribution < 1.29 is 9.53 Å². The van der Waals surface area contributed by atoms with E-state index in [1.807, 2.05) is 48.5 Å². The van der Waals surface area contributed by atoms with Crippen molar-refractivity contribution in [1.82, 2.24) is 4.98 Å². The lowest BCUT2D eigenvalue weighted by molar-refractivity contribution is 0.0556. The Hall–Kier alpha value is -3.45. The Morgan fingerprint density at radius 3 is 2.70 bits per heavy atom. The van der Waals surface area contributed by atoms with Gasteiger partial charge in [-0.1, -0.05) is 48.5 Å². The monoisotopic (exact) mass is 354 g/mol. The lowest BCUT2D eigenvalue weighted by Crippen LogP contribution is -2.15. The Kier molecular flexibility index (Phi) is 4.67. The van der Waals surface area contributed by atoms with E-state index in [1.165, 1.54) is 0 Å². The van der Waals surface area contributed by atoms with Crippen LogP contribution in [0.1, 0.15) is 40.0 Å². The largest absolute Gasteiger partial charge is 0.447 e. The zero-order chi connectivity index (χ0) is 18.6. The van der Waals surface area contributed by atoms with Crippen molar-refractivity contribution in [2.45, 2.75) is 19.3 Å². The lowest BCUT2D eigenvalue weighted by atomic mass is 9.86. The van der Waals surface area contributed by atoms with E-state index in [0.717, 1.165) is 52.6 Å². The van der Waals surface area contributed by atoms with Crippen LogP contribution in [-0.2, 0) is 11.2 Å². The molecule has 4 nitrogen and oxygen atoms in total. The Morgan fingerprint density at radius 2 is 1.89 bits per heavy atom. The molecule has 0 aliphatic heterocycles. The first-order chi connectivity index (χ1) is 13.3. The number of para-hydroxylation sites is 1. The summed E-state index contributed by atoms with van der Waals surface area (Å²) >= 11 is 0. The van der Waals surface area contributed by atoms with Crippen molar-refractivity contribution in [3.8, 4) is 6.07 Å². The number of nitrogens with zero attached hydrogens (tertiary/aromatic N) is 2. The Balaban J connectivity index is 1.92. The minimum atomic E-state index is -0.452. The molecule has 0 spiro atoms. The maximum Gasteiger partial charge on any atom is 0.340 e. The predicted octanol–water partition coefficient (Wildman–Crippen LogP) is 4.79. The van der Waals surface area contributed by atoms with Gasteiger partial charge in [-0.2, -0.15) is 5.26 Å². The zero-order valence-electron chi connectivity index (χ0n) is 14.8. The van der Waals surface area contributed by atoms with Crippen LogP contribution in [0.2, 0.25) is 0 Å². The van der Waals surface area contributed by atoms with Gasteiger partial charge in [0.25, 0.3) is 0 Å². The number of pyridine rings is 1. The highest BCUT2D eigenvalue weighted by Gasteiger charge is 2.25. The van der Waals surface area contributed by atoms with Gasteiger partial charge >= 0.3 is 5.97 Å². The molecule has 27 heavy (non-hydrogen) atoms. The van der Waals surface area contributed by atoms with E-state index in [9.17, 15) is 4.79 Å². The van der Waals surface area contributed by atoms with Gasteiger partial charge in [-0.25, -0.2) is 9.78 Å². The van der Waals surface area contributed by atoms with Gasteiger partial charge < -0.3 is 4.74 Å². The number of fused-ring (bicyclic) bond motifs is 2. The molecule has 4 rings (SSSR count). The maximum atomic E-state index is 12.7. The molecule has 0 radical (unpaired) electrons. The number of hydrogen-bond donors (Lipinski definition) is 0. The summed E-state index contributed by atoms with van der Waals surface area (Å²) in [6, 6.07) is 19.6. The first-order valence-corrected chi connectivity index (χ1v) is 8.99. The maximum absolute atomic E-state index is 12.7. The van der Waals surface area contributed by atoms with Gasteiger partial charge in [0.05, 0.1) is 16.8 Å². The van der Waals surface area contributed by atoms with Crippen molar-refractivity contribution in [1.29, 1.82) is 5.26 Å². The lowest BCUT2D eigenvalue weighted by Gasteiger charge is -2.22. The van der Waals surface area contributed by atoms with Crippen molar-refractivity contribution in [2.24, 2.45) is 0 Å². The molecule has 1 aliphatic carbocycles. The third-order valence-electron chi connectivity index (χ3n) is 4.78. The summed E-state index contributed by atoms with van der Waals surface area (Å²) < 4.78 is 5.16. The standard InChI is InChI=1S/C23H18N2O2/c24-13-14-27-23(26)21-18-10-4-5-12-20(18)25-22-17(9-6-11-19(21)22)15-16-7-2-1-3-8-16/h1-5,7-8,10,12,15H,6,9,11,14H2. The number of rotatable bonds is 3. The molecular weight excluding hydrogens is 336 g/mol. The van der Waals surface area contributed by atoms with Gasteiger partial charge in [-0.3, -0.25) is 0 Å². The molecule has 0 atom stereocenters. The van der Waals surface area contributed by atoms with Crippen LogP contribution in [-0.4, -0.2) is 17.6 Å². The van der Waals surface area contributed by atoms with E-state index in [2.05, 4.69) is 18.2 Å². The minimum absolute atomic E-state index is 0.253. The van der Waals surface area contributed by atoms with Crippen LogP contribution >= 0.6 is 0 Å². The topological polar surface area (TPSA) is 63.0 Å². The number of ether oxygens (including phenoxy) is 1. The van der Waals surface area contributed by atoms with Crippen molar-refractivity contribution in [3.05, 3.63) is 77.0 Å². The molecular formula is C23H18N2O2. The second-order valence-corrected chi connectivity index (χ2v) is 6.50. The van der Waals surface area contributed by atoms with Crippen LogP contribution in [0.15, 0.2) is 54.6 Å². The summed E-state index contributed by atoms with van der Waals surface area (Å²) in [4.78, 5) is 17.6. The van der Waals surface area contributed by atoms with E-state index < -0.39 is 5.97 Å². The predicted molar refractivity (Wildman–Crippen MR) is 105 cm³/mol. The third kappa shape index (κ3) is 3.32. The molecule has 0 fully saturated rings. The molecule has 0 unspecified atom stereocenters. The molecule has 1 heterocycles. The summed E-state index contributed by atoms with van der Waals surface area (Å²) in [6.45, 7) is -0.253. The average Bonchev–Trinajstić information content (AvgIpc) is 2.71. The van der Waals surface area contributed by atoms with Gasteiger partial charge in [0.2, 0.25) is 0 Å². The Labute approximate surface area is 157 Å². The molecule has 0 bridgehead atoms. The Bertz CT molecular complexity index is 1080. The fraction of sp³-hybridized carbons (Fsp3) is 0.174. The number of nitriles is 1. The quantitative estimate of drug-likeness (QED) is 0.634. The molecule has 0 saturated heterocycles. The van der Waals surface area contributed by atoms with E-state index in [1.54, 1.807) is 0 Å². The second-order valence-electron chi connectivity index (χ2n) is 6.50. The zero-order valence-corrected chi connectivity index (χ0v) is 14.8. The third-order valence-corrected chi connectivity index (χ3v) is 4.78. The van der Waals surface area contributed by atoms with Crippen LogP contribution in [0.3, 0.4) is 0 Å². The fourth-order valence-corrected chi connectivity index (χ4v) is 3.63. The highest BCUT2D eigenvalue weighted by Crippen LogP contribution is 2.36. The number of carbonyl (C=O) groups is 1. The SMILES string of the molecule is N#CCOC(=O)c1c2c(nc3ccccc13)C(=Cc1ccccc1)CCC2. The number of hydrogen-bond acceptors (Lipinski definition) is 4. The molecule has 1 aromatic heterocycles. The average molecular weight is 354 g/mol. The number of allylic oxidation sites excluding steroid dienone is 1. The van der Waals surface area contributed by atoms with E-state index in [0.29, 0.717) is 5.56 Å². The summed E-state index contributed by atoms with van der Waals surface area (Å²) in [5.74, 6) is -0.452. The molecule has 132 valence electrons. The highest BCUT2D eigenvalue weighted by atomic mass is 16.5. The molecule has 2 aromatic carbocycles. The van der Waals surface area contributed by atoms with Crippen LogP contribution in [0.5, 0.6) is 0 Å². The van der Waals surface area contributed by atoms with Crippen molar-refractivity contribution in [3.63, 3.8) is 0 Å². The van der Waals surface area contributed by atoms with Crippen LogP contribution in [0.25, 0.3) is 22.6 Å². The summed E-state index contributed by atoms with van der Waals surface area (Å²) in [5, 5.41) is 9.55. The minimum Gasteiger partial charge on any atom is -0.447 e. The first kappa shape index (κ1) is 17.0. The number of aromatic nitrogens is 1. The number of carbonyl (C=O) groups excluding carboxylic acids is 1. The smallest absolute Gasteiger partial charge is 0.340 e. The van der Waals surface area contributed by atoms with Gasteiger partial charge in [-0.05, 0) is 48.1 Å². The van der Waals surface area contributed by atoms with Gasteiger partial charge in [0.15, 0.2) is 6.61 Å². The van der Waals surface area contributed by atoms with E-state index in [-0.39, 0.29) is 6.61 Å². The van der Waals surface area contributed by atoms with Gasteiger partial charge in [0.1, 0.15) is 6.07 Å². The van der Waals surface area contributed by atoms with E-state index >= 15 is 0 Å². The van der Waals surface area contributed by atoms with Crippen LogP contribution in [0, 0.1) is 11.3 Å². The van der Waals surface area contributed by atoms with Crippen molar-refractivity contribution >= 4 is 28.5 Å². The summed E-state index contributed by atoms with van der Waals surface area (Å²) in [7, 11) is 0. The number of benzene rings is 2. The molecule has 1 aliphatic rings. The molecule has 0 amide bonds. The molecule has 4 heteroatoms. The van der Waals surface area contributed by atoms with Crippen LogP contribution in [0.4, 0.5) is 0 Å². The normalized spacial score (nSPS) is 14.6. The summed E-state index contributed by atoms with van der Waals surface area (Å²) in [6.07, 6.45) is 4.78. The molecule has 0 N–H and O–H groups in total. The van der Waals surface area contributed by atoms with Gasteiger partial charge in [0, 0.05) is 5.39 Å². The highest BCUT2D eigenvalue weighted by molar-refractivity contribution is 6.06. The molecule has 0 saturated carbocycles.